The third-order valence-electron chi connectivity index (χ3n) is 2.86. The van der Waals surface area contributed by atoms with Gasteiger partial charge in [-0.1, -0.05) is 12.1 Å². The highest BCUT2D eigenvalue weighted by atomic mass is 15.1. The summed E-state index contributed by atoms with van der Waals surface area (Å²) in [6, 6.07) is 6.46. The quantitative estimate of drug-likeness (QED) is 0.649. The van der Waals surface area contributed by atoms with Crippen LogP contribution in [0.2, 0.25) is 0 Å². The van der Waals surface area contributed by atoms with Crippen molar-refractivity contribution < 1.29 is 0 Å². The molecule has 13 heavy (non-hydrogen) atoms. The Morgan fingerprint density at radius 3 is 3.08 bits per heavy atom. The van der Waals surface area contributed by atoms with Gasteiger partial charge in [-0.3, -0.25) is 5.10 Å². The number of nitrogens with zero attached hydrogens (tertiary/aromatic N) is 1. The Morgan fingerprint density at radius 2 is 2.08 bits per heavy atom. The number of H-pyrrole nitrogens is 1. The average molecular weight is 172 g/mol. The topological polar surface area (TPSA) is 28.7 Å². The van der Waals surface area contributed by atoms with Crippen LogP contribution < -0.4 is 0 Å². The summed E-state index contributed by atoms with van der Waals surface area (Å²) in [5.74, 6) is 0. The molecule has 1 aromatic heterocycles. The molecule has 0 spiro atoms. The van der Waals surface area contributed by atoms with E-state index in [0.29, 0.717) is 0 Å². The lowest BCUT2D eigenvalue weighted by Crippen LogP contribution is -1.83. The van der Waals surface area contributed by atoms with E-state index in [0.717, 1.165) is 6.42 Å². The predicted molar refractivity (Wildman–Crippen MR) is 52.7 cm³/mol. The van der Waals surface area contributed by atoms with E-state index in [-0.39, 0.29) is 0 Å². The van der Waals surface area contributed by atoms with Crippen LogP contribution in [0.5, 0.6) is 0 Å². The molecule has 1 aliphatic rings. The number of aryl methyl sites for hydroxylation is 2. The number of aromatic amines is 1. The van der Waals surface area contributed by atoms with Crippen molar-refractivity contribution in [2.24, 2.45) is 0 Å². The number of rotatable bonds is 0. The second kappa shape index (κ2) is 2.59. The van der Waals surface area contributed by atoms with Crippen molar-refractivity contribution in [1.29, 1.82) is 0 Å². The minimum Gasteiger partial charge on any atom is -0.278 e. The van der Waals surface area contributed by atoms with Crippen LogP contribution in [0.1, 0.15) is 24.1 Å². The lowest BCUT2D eigenvalue weighted by molar-refractivity contribution is 0.737. The molecular formula is C11H12N2. The van der Waals surface area contributed by atoms with Crippen molar-refractivity contribution in [2.75, 3.05) is 0 Å². The lowest BCUT2D eigenvalue weighted by Gasteiger charge is -1.98. The van der Waals surface area contributed by atoms with Gasteiger partial charge in [-0.2, -0.15) is 5.10 Å². The molecule has 1 aliphatic carbocycles. The highest BCUT2D eigenvalue weighted by Crippen LogP contribution is 2.26. The van der Waals surface area contributed by atoms with Crippen LogP contribution >= 0.6 is 0 Å². The molecule has 0 atom stereocenters. The Balaban J connectivity index is 2.40. The molecule has 1 heterocycles. The normalized spacial score (nSPS) is 16.0. The number of hydrogen-bond acceptors (Lipinski definition) is 1. The summed E-state index contributed by atoms with van der Waals surface area (Å²) in [6.45, 7) is 0. The second-order valence-electron chi connectivity index (χ2n) is 3.72. The van der Waals surface area contributed by atoms with Gasteiger partial charge in [0.05, 0.1) is 11.2 Å². The summed E-state index contributed by atoms with van der Waals surface area (Å²) < 4.78 is 0. The van der Waals surface area contributed by atoms with Crippen LogP contribution in [0.4, 0.5) is 0 Å². The minimum absolute atomic E-state index is 1.14. The van der Waals surface area contributed by atoms with E-state index in [1.54, 1.807) is 0 Å². The van der Waals surface area contributed by atoms with E-state index in [4.69, 9.17) is 0 Å². The van der Waals surface area contributed by atoms with E-state index >= 15 is 0 Å². The zero-order chi connectivity index (χ0) is 8.67. The van der Waals surface area contributed by atoms with Crippen LogP contribution in [0.25, 0.3) is 10.9 Å². The standard InChI is InChI=1S/C11H12N2/c1-2-6-9-11-8(4-1)5-3-7-10(11)13-12-9/h3,5,7H,1-2,4,6H2,(H,12,13). The highest BCUT2D eigenvalue weighted by molar-refractivity contribution is 5.85. The molecule has 2 aromatic rings. The van der Waals surface area contributed by atoms with Gasteiger partial charge in [-0.25, -0.2) is 0 Å². The summed E-state index contributed by atoms with van der Waals surface area (Å²) in [5, 5.41) is 8.85. The van der Waals surface area contributed by atoms with Crippen molar-refractivity contribution >= 4 is 10.9 Å². The zero-order valence-electron chi connectivity index (χ0n) is 7.51. The molecule has 0 fully saturated rings. The predicted octanol–water partition coefficient (Wildman–Crippen LogP) is 2.44. The van der Waals surface area contributed by atoms with Gasteiger partial charge in [0, 0.05) is 5.39 Å². The number of nitrogens with one attached hydrogen (secondary N) is 1. The summed E-state index contributed by atoms with van der Waals surface area (Å²) in [5.41, 5.74) is 3.94. The van der Waals surface area contributed by atoms with Crippen molar-refractivity contribution in [3.8, 4) is 0 Å². The average Bonchev–Trinajstić information content (AvgIpc) is 2.44. The number of benzene rings is 1. The fraction of sp³-hybridized carbons (Fsp3) is 0.364. The van der Waals surface area contributed by atoms with Crippen LogP contribution in [-0.2, 0) is 12.8 Å². The van der Waals surface area contributed by atoms with Crippen molar-refractivity contribution in [1.82, 2.24) is 10.2 Å². The van der Waals surface area contributed by atoms with Gasteiger partial charge in [-0.15, -0.1) is 0 Å². The smallest absolute Gasteiger partial charge is 0.0703 e. The second-order valence-corrected chi connectivity index (χ2v) is 3.72. The van der Waals surface area contributed by atoms with E-state index in [2.05, 4.69) is 28.4 Å². The van der Waals surface area contributed by atoms with Crippen molar-refractivity contribution in [2.45, 2.75) is 25.7 Å². The maximum Gasteiger partial charge on any atom is 0.0703 e. The molecule has 0 saturated carbocycles. The van der Waals surface area contributed by atoms with Crippen LogP contribution in [-0.4, -0.2) is 10.2 Å². The van der Waals surface area contributed by atoms with Crippen molar-refractivity contribution in [3.05, 3.63) is 29.5 Å². The third-order valence-corrected chi connectivity index (χ3v) is 2.86. The Kier molecular flexibility index (Phi) is 1.42. The molecular weight excluding hydrogens is 160 g/mol. The van der Waals surface area contributed by atoms with Crippen molar-refractivity contribution in [3.63, 3.8) is 0 Å². The molecule has 0 radical (unpaired) electrons. The molecule has 66 valence electrons. The first-order valence-corrected chi connectivity index (χ1v) is 4.90. The van der Waals surface area contributed by atoms with E-state index in [1.165, 1.54) is 41.4 Å². The lowest BCUT2D eigenvalue weighted by atomic mass is 10.1. The van der Waals surface area contributed by atoms with Crippen LogP contribution in [0.3, 0.4) is 0 Å². The Labute approximate surface area is 77.0 Å². The first kappa shape index (κ1) is 7.13. The van der Waals surface area contributed by atoms with Gasteiger partial charge in [0.15, 0.2) is 0 Å². The molecule has 0 aliphatic heterocycles. The first-order chi connectivity index (χ1) is 6.45. The summed E-state index contributed by atoms with van der Waals surface area (Å²) >= 11 is 0. The van der Waals surface area contributed by atoms with Gasteiger partial charge in [0.1, 0.15) is 0 Å². The maximum absolute atomic E-state index is 4.36. The summed E-state index contributed by atoms with van der Waals surface area (Å²) in [7, 11) is 0. The number of hydrogen-bond donors (Lipinski definition) is 1. The Hall–Kier alpha value is -1.31. The Morgan fingerprint density at radius 1 is 1.15 bits per heavy atom. The van der Waals surface area contributed by atoms with Gasteiger partial charge in [0.25, 0.3) is 0 Å². The molecule has 0 amide bonds. The molecule has 0 unspecified atom stereocenters. The van der Waals surface area contributed by atoms with E-state index in [1.807, 2.05) is 0 Å². The maximum atomic E-state index is 4.36. The molecule has 0 saturated heterocycles. The number of aromatic nitrogens is 2. The highest BCUT2D eigenvalue weighted by Gasteiger charge is 2.12. The fourth-order valence-electron chi connectivity index (χ4n) is 2.21. The van der Waals surface area contributed by atoms with Gasteiger partial charge < -0.3 is 0 Å². The Bertz CT molecular complexity index is 442. The molecule has 3 rings (SSSR count). The minimum atomic E-state index is 1.14. The first-order valence-electron chi connectivity index (χ1n) is 4.90. The van der Waals surface area contributed by atoms with Gasteiger partial charge in [0.2, 0.25) is 0 Å². The molecule has 2 nitrogen and oxygen atoms in total. The molecule has 0 bridgehead atoms. The van der Waals surface area contributed by atoms with Gasteiger partial charge in [-0.05, 0) is 37.3 Å². The molecule has 1 aromatic carbocycles. The monoisotopic (exact) mass is 172 g/mol. The molecule has 1 N–H and O–H groups in total. The largest absolute Gasteiger partial charge is 0.278 e. The van der Waals surface area contributed by atoms with E-state index in [9.17, 15) is 0 Å². The SMILES string of the molecule is c1cc2c3c(n[nH]c3c1)CCCC2. The molecule has 2 heteroatoms. The summed E-state index contributed by atoms with van der Waals surface area (Å²) in [4.78, 5) is 0. The third kappa shape index (κ3) is 0.981. The van der Waals surface area contributed by atoms with Crippen LogP contribution in [0, 0.1) is 0 Å². The zero-order valence-corrected chi connectivity index (χ0v) is 7.51. The summed E-state index contributed by atoms with van der Waals surface area (Å²) in [6.07, 6.45) is 4.92. The van der Waals surface area contributed by atoms with Gasteiger partial charge >= 0.3 is 0 Å². The fourth-order valence-corrected chi connectivity index (χ4v) is 2.21. The van der Waals surface area contributed by atoms with Crippen LogP contribution in [0.15, 0.2) is 18.2 Å². The van der Waals surface area contributed by atoms with E-state index < -0.39 is 0 Å².